The summed E-state index contributed by atoms with van der Waals surface area (Å²) in [5.41, 5.74) is 5.25. The van der Waals surface area contributed by atoms with E-state index in [0.29, 0.717) is 11.5 Å². The van der Waals surface area contributed by atoms with Crippen molar-refractivity contribution in [3.05, 3.63) is 71.7 Å². The Bertz CT molecular complexity index is 1360. The van der Waals surface area contributed by atoms with Gasteiger partial charge in [-0.05, 0) is 61.1 Å². The van der Waals surface area contributed by atoms with Crippen LogP contribution in [0.25, 0.3) is 11.1 Å². The monoisotopic (exact) mass is 587 g/mol. The van der Waals surface area contributed by atoms with Gasteiger partial charge < -0.3 is 25.8 Å². The number of hydrogen-bond acceptors (Lipinski definition) is 7. The lowest BCUT2D eigenvalue weighted by Crippen LogP contribution is -2.38. The van der Waals surface area contributed by atoms with Gasteiger partial charge in [-0.3, -0.25) is 14.6 Å². The van der Waals surface area contributed by atoms with Gasteiger partial charge in [-0.2, -0.15) is 13.2 Å². The number of ether oxygens (including phenoxy) is 1. The SMILES string of the molecule is COc1cccc(-c2cc(C(=O)N[C@H](CO)CC(C)C)cnc2N2CCCC2)c1.NC(=O)c1cccnc1C(F)(F)F. The lowest BCUT2D eigenvalue weighted by Gasteiger charge is -2.22. The van der Waals surface area contributed by atoms with E-state index in [9.17, 15) is 27.9 Å². The second kappa shape index (κ2) is 14.6. The summed E-state index contributed by atoms with van der Waals surface area (Å²) in [4.78, 5) is 33.4. The molecule has 1 atom stereocenters. The summed E-state index contributed by atoms with van der Waals surface area (Å²) < 4.78 is 41.8. The standard InChI is InChI=1S/C23H31N3O3.C7H5F3N2O/c1-16(2)11-19(15-27)25-23(28)18-13-21(17-7-6-8-20(12-17)29-3)22(24-14-18)26-9-4-5-10-26;8-7(9,10)5-4(6(11)13)2-1-3-12-5/h6-8,12-14,16,19,27H,4-5,9-11,15H2,1-3H3,(H,25,28);1-3H,(H2,11,13)/t19-;/m0./s1. The molecule has 4 rings (SSSR count). The van der Waals surface area contributed by atoms with Crippen molar-refractivity contribution in [3.8, 4) is 16.9 Å². The fraction of sp³-hybridized carbons (Fsp3) is 0.400. The molecule has 3 aromatic rings. The highest BCUT2D eigenvalue weighted by atomic mass is 19.4. The molecule has 0 spiro atoms. The molecule has 1 fully saturated rings. The molecule has 0 unspecified atom stereocenters. The number of aliphatic hydroxyl groups excluding tert-OH is 1. The van der Waals surface area contributed by atoms with Gasteiger partial charge in [0.2, 0.25) is 0 Å². The second-order valence-corrected chi connectivity index (χ2v) is 10.3. The van der Waals surface area contributed by atoms with Crippen LogP contribution in [0, 0.1) is 5.92 Å². The van der Waals surface area contributed by atoms with Crippen molar-refractivity contribution in [2.45, 2.75) is 45.3 Å². The van der Waals surface area contributed by atoms with Gasteiger partial charge in [-0.1, -0.05) is 26.0 Å². The molecule has 2 amide bonds. The van der Waals surface area contributed by atoms with Crippen LogP contribution in [0.3, 0.4) is 0 Å². The number of nitrogens with two attached hydrogens (primary N) is 1. The maximum absolute atomic E-state index is 12.8. The number of primary amides is 1. The third-order valence-electron chi connectivity index (χ3n) is 6.57. The summed E-state index contributed by atoms with van der Waals surface area (Å²) in [7, 11) is 1.65. The molecule has 1 aliphatic rings. The van der Waals surface area contributed by atoms with E-state index in [0.717, 1.165) is 67.3 Å². The molecule has 1 saturated heterocycles. The predicted molar refractivity (Wildman–Crippen MR) is 153 cm³/mol. The molecule has 0 radical (unpaired) electrons. The number of alkyl halides is 3. The van der Waals surface area contributed by atoms with Gasteiger partial charge in [0.05, 0.1) is 30.9 Å². The van der Waals surface area contributed by atoms with E-state index in [1.54, 1.807) is 13.3 Å². The van der Waals surface area contributed by atoms with Crippen molar-refractivity contribution < 1.29 is 32.6 Å². The number of halogens is 3. The van der Waals surface area contributed by atoms with Gasteiger partial charge >= 0.3 is 6.18 Å². The van der Waals surface area contributed by atoms with Crippen molar-refractivity contribution in [2.24, 2.45) is 11.7 Å². The first kappa shape index (κ1) is 32.3. The highest BCUT2D eigenvalue weighted by Gasteiger charge is 2.36. The number of hydrogen-bond donors (Lipinski definition) is 3. The van der Waals surface area contributed by atoms with E-state index >= 15 is 0 Å². The van der Waals surface area contributed by atoms with Gasteiger partial charge in [0, 0.05) is 31.0 Å². The number of anilines is 1. The number of amides is 2. The van der Waals surface area contributed by atoms with E-state index in [4.69, 9.17) is 10.5 Å². The van der Waals surface area contributed by atoms with Gasteiger partial charge in [0.15, 0.2) is 5.69 Å². The number of nitrogens with zero attached hydrogens (tertiary/aromatic N) is 3. The van der Waals surface area contributed by atoms with Crippen LogP contribution in [0.5, 0.6) is 5.75 Å². The molecule has 4 N–H and O–H groups in total. The van der Waals surface area contributed by atoms with Gasteiger partial charge in [-0.15, -0.1) is 0 Å². The summed E-state index contributed by atoms with van der Waals surface area (Å²) in [5.74, 6) is 0.695. The zero-order valence-electron chi connectivity index (χ0n) is 23.8. The third kappa shape index (κ3) is 8.65. The summed E-state index contributed by atoms with van der Waals surface area (Å²) in [6.07, 6.45) is 0.964. The van der Waals surface area contributed by atoms with Crippen LogP contribution in [0.15, 0.2) is 54.9 Å². The maximum Gasteiger partial charge on any atom is 0.434 e. The van der Waals surface area contributed by atoms with E-state index in [2.05, 4.69) is 34.0 Å². The molecule has 9 nitrogen and oxygen atoms in total. The van der Waals surface area contributed by atoms with Crippen molar-refractivity contribution in [3.63, 3.8) is 0 Å². The predicted octanol–water partition coefficient (Wildman–Crippen LogP) is 4.69. The second-order valence-electron chi connectivity index (χ2n) is 10.3. The third-order valence-corrected chi connectivity index (χ3v) is 6.57. The first-order valence-corrected chi connectivity index (χ1v) is 13.6. The average molecular weight is 588 g/mol. The smallest absolute Gasteiger partial charge is 0.434 e. The van der Waals surface area contributed by atoms with Gasteiger partial charge in [0.1, 0.15) is 11.6 Å². The quantitative estimate of drug-likeness (QED) is 0.331. The topological polar surface area (TPSA) is 131 Å². The van der Waals surface area contributed by atoms with Crippen LogP contribution in [-0.4, -0.2) is 59.7 Å². The minimum Gasteiger partial charge on any atom is -0.497 e. The Morgan fingerprint density at radius 2 is 1.83 bits per heavy atom. The number of pyridine rings is 2. The van der Waals surface area contributed by atoms with E-state index in [1.165, 1.54) is 6.07 Å². The zero-order valence-corrected chi connectivity index (χ0v) is 23.8. The van der Waals surface area contributed by atoms with Crippen molar-refractivity contribution in [1.82, 2.24) is 15.3 Å². The van der Waals surface area contributed by atoms with Crippen LogP contribution in [0.4, 0.5) is 19.0 Å². The van der Waals surface area contributed by atoms with Gasteiger partial charge in [0.25, 0.3) is 11.8 Å². The Balaban J connectivity index is 0.000000312. The van der Waals surface area contributed by atoms with E-state index in [-0.39, 0.29) is 18.6 Å². The van der Waals surface area contributed by atoms with Crippen LogP contribution >= 0.6 is 0 Å². The maximum atomic E-state index is 12.8. The molecule has 0 aliphatic carbocycles. The van der Waals surface area contributed by atoms with Crippen molar-refractivity contribution in [1.29, 1.82) is 0 Å². The fourth-order valence-electron chi connectivity index (χ4n) is 4.61. The highest BCUT2D eigenvalue weighted by molar-refractivity contribution is 5.96. The first-order valence-electron chi connectivity index (χ1n) is 13.6. The van der Waals surface area contributed by atoms with Crippen molar-refractivity contribution in [2.75, 3.05) is 31.7 Å². The summed E-state index contributed by atoms with van der Waals surface area (Å²) in [6, 6.07) is 11.7. The van der Waals surface area contributed by atoms with E-state index < -0.39 is 23.3 Å². The van der Waals surface area contributed by atoms with Crippen LogP contribution in [0.1, 0.15) is 59.5 Å². The lowest BCUT2D eigenvalue weighted by atomic mass is 10.0. The molecule has 1 aromatic carbocycles. The van der Waals surface area contributed by atoms with Crippen LogP contribution in [0.2, 0.25) is 0 Å². The first-order chi connectivity index (χ1) is 19.9. The normalized spacial score (nSPS) is 13.8. The Morgan fingerprint density at radius 3 is 2.40 bits per heavy atom. The Kier molecular flexibility index (Phi) is 11.3. The van der Waals surface area contributed by atoms with E-state index in [1.807, 2.05) is 30.3 Å². The number of aliphatic hydroxyl groups is 1. The molecule has 0 saturated carbocycles. The molecule has 1 aliphatic heterocycles. The Hall–Kier alpha value is -4.19. The van der Waals surface area contributed by atoms with Crippen molar-refractivity contribution >= 4 is 17.6 Å². The Morgan fingerprint density at radius 1 is 1.12 bits per heavy atom. The number of aromatic nitrogens is 2. The molecular formula is C30H36F3N5O4. The number of carbonyl (C=O) groups is 2. The number of methoxy groups -OCH3 is 1. The molecular weight excluding hydrogens is 551 g/mol. The average Bonchev–Trinajstić information content (AvgIpc) is 3.51. The number of carbonyl (C=O) groups excluding carboxylic acids is 2. The molecule has 2 aromatic heterocycles. The number of benzene rings is 1. The molecule has 3 heterocycles. The Labute approximate surface area is 242 Å². The highest BCUT2D eigenvalue weighted by Crippen LogP contribution is 2.34. The number of rotatable bonds is 9. The zero-order chi connectivity index (χ0) is 30.9. The number of nitrogens with one attached hydrogen (secondary N) is 1. The fourth-order valence-corrected chi connectivity index (χ4v) is 4.61. The molecule has 12 heteroatoms. The largest absolute Gasteiger partial charge is 0.497 e. The lowest BCUT2D eigenvalue weighted by molar-refractivity contribution is -0.141. The molecule has 42 heavy (non-hydrogen) atoms. The van der Waals surface area contributed by atoms with Gasteiger partial charge in [-0.25, -0.2) is 4.98 Å². The van der Waals surface area contributed by atoms with Crippen LogP contribution in [-0.2, 0) is 6.18 Å². The minimum absolute atomic E-state index is 0.0774. The molecule has 226 valence electrons. The summed E-state index contributed by atoms with van der Waals surface area (Å²) in [6.45, 7) is 6.00. The summed E-state index contributed by atoms with van der Waals surface area (Å²) >= 11 is 0. The molecule has 0 bridgehead atoms. The van der Waals surface area contributed by atoms with Crippen LogP contribution < -0.4 is 20.7 Å². The minimum atomic E-state index is -4.65. The summed E-state index contributed by atoms with van der Waals surface area (Å²) in [5, 5.41) is 12.5.